The molecule has 23 heavy (non-hydrogen) atoms. The van der Waals surface area contributed by atoms with Crippen molar-refractivity contribution in [3.63, 3.8) is 0 Å². The second-order valence-electron chi connectivity index (χ2n) is 6.00. The Labute approximate surface area is 142 Å². The zero-order valence-electron chi connectivity index (χ0n) is 13.5. The van der Waals surface area contributed by atoms with E-state index in [0.717, 1.165) is 12.8 Å². The average molecular weight is 345 g/mol. The average Bonchev–Trinajstić information content (AvgIpc) is 3.06. The number of halogens is 1. The van der Waals surface area contributed by atoms with Crippen molar-refractivity contribution in [1.82, 2.24) is 25.0 Å². The summed E-state index contributed by atoms with van der Waals surface area (Å²) in [5.74, 6) is -0.330. The van der Waals surface area contributed by atoms with Gasteiger partial charge in [-0.25, -0.2) is 9.67 Å². The van der Waals surface area contributed by atoms with Crippen LogP contribution in [0.2, 0.25) is 0 Å². The molecule has 2 amide bonds. The van der Waals surface area contributed by atoms with Gasteiger partial charge in [0, 0.05) is 13.1 Å². The smallest absolute Gasteiger partial charge is 0.242 e. The third-order valence-electron chi connectivity index (χ3n) is 3.99. The maximum absolute atomic E-state index is 12.2. The van der Waals surface area contributed by atoms with Crippen LogP contribution in [0.5, 0.6) is 0 Å². The zero-order valence-corrected chi connectivity index (χ0v) is 14.3. The fraction of sp³-hybridized carbons (Fsp3) is 0.714. The van der Waals surface area contributed by atoms with Gasteiger partial charge < -0.3 is 16.0 Å². The Morgan fingerprint density at radius 3 is 2.78 bits per heavy atom. The molecule has 2 rings (SSSR count). The minimum absolute atomic E-state index is 0. The minimum Gasteiger partial charge on any atom is -0.346 e. The molecule has 0 spiro atoms. The number of nitrogens with two attached hydrogens (primary N) is 1. The van der Waals surface area contributed by atoms with Gasteiger partial charge in [0.15, 0.2) is 0 Å². The highest BCUT2D eigenvalue weighted by Crippen LogP contribution is 2.20. The van der Waals surface area contributed by atoms with Crippen molar-refractivity contribution < 1.29 is 9.59 Å². The third kappa shape index (κ3) is 5.18. The van der Waals surface area contributed by atoms with Crippen LogP contribution in [0.1, 0.15) is 32.7 Å². The number of hydrogen-bond donors (Lipinski definition) is 2. The highest BCUT2D eigenvalue weighted by Gasteiger charge is 2.26. The quantitative estimate of drug-likeness (QED) is 0.779. The summed E-state index contributed by atoms with van der Waals surface area (Å²) in [6.07, 6.45) is 5.05. The monoisotopic (exact) mass is 344 g/mol. The third-order valence-corrected chi connectivity index (χ3v) is 3.99. The molecule has 0 bridgehead atoms. The van der Waals surface area contributed by atoms with Crippen LogP contribution >= 0.6 is 12.4 Å². The van der Waals surface area contributed by atoms with Gasteiger partial charge >= 0.3 is 0 Å². The molecule has 0 saturated carbocycles. The fourth-order valence-corrected chi connectivity index (χ4v) is 2.50. The second-order valence-corrected chi connectivity index (χ2v) is 6.00. The van der Waals surface area contributed by atoms with Crippen molar-refractivity contribution >= 4 is 24.2 Å². The molecule has 1 aliphatic rings. The maximum Gasteiger partial charge on any atom is 0.242 e. The Balaban J connectivity index is 0.00000264. The first-order valence-corrected chi connectivity index (χ1v) is 7.64. The van der Waals surface area contributed by atoms with E-state index in [2.05, 4.69) is 15.4 Å². The number of carbonyl (C=O) groups excluding carboxylic acids is 2. The summed E-state index contributed by atoms with van der Waals surface area (Å²) in [6.45, 7) is 5.03. The van der Waals surface area contributed by atoms with E-state index >= 15 is 0 Å². The standard InChI is InChI=1S/C14H24N6O2.ClH/c1-10(2)13(15)14(22)17-6-12(21)19-5-3-4-11(7-19)20-9-16-8-18-20;/h8-11,13H,3-7,15H2,1-2H3,(H,17,22);1H/t11?,13-;/m0./s1. The van der Waals surface area contributed by atoms with Gasteiger partial charge in [0.1, 0.15) is 12.7 Å². The van der Waals surface area contributed by atoms with Crippen molar-refractivity contribution in [1.29, 1.82) is 0 Å². The molecule has 3 N–H and O–H groups in total. The number of aromatic nitrogens is 3. The summed E-state index contributed by atoms with van der Waals surface area (Å²) in [5, 5.41) is 6.75. The topological polar surface area (TPSA) is 106 Å². The lowest BCUT2D eigenvalue weighted by atomic mass is 10.0. The predicted molar refractivity (Wildman–Crippen MR) is 87.9 cm³/mol. The number of nitrogens with one attached hydrogen (secondary N) is 1. The number of hydrogen-bond acceptors (Lipinski definition) is 5. The van der Waals surface area contributed by atoms with Crippen LogP contribution in [0.4, 0.5) is 0 Å². The molecular weight excluding hydrogens is 320 g/mol. The summed E-state index contributed by atoms with van der Waals surface area (Å²) in [6, 6.07) is -0.439. The van der Waals surface area contributed by atoms with Crippen molar-refractivity contribution in [2.75, 3.05) is 19.6 Å². The lowest BCUT2D eigenvalue weighted by Crippen LogP contribution is -2.49. The Hall–Kier alpha value is -1.67. The summed E-state index contributed by atoms with van der Waals surface area (Å²) in [5.41, 5.74) is 5.76. The molecular formula is C14H25ClN6O2. The molecule has 1 unspecified atom stereocenters. The van der Waals surface area contributed by atoms with Gasteiger partial charge in [0.2, 0.25) is 11.8 Å². The van der Waals surface area contributed by atoms with Crippen molar-refractivity contribution in [3.8, 4) is 0 Å². The predicted octanol–water partition coefficient (Wildman–Crippen LogP) is -0.0371. The lowest BCUT2D eigenvalue weighted by molar-refractivity contribution is -0.134. The Morgan fingerprint density at radius 2 is 2.17 bits per heavy atom. The second kappa shape index (κ2) is 8.83. The van der Waals surface area contributed by atoms with Gasteiger partial charge in [-0.2, -0.15) is 5.10 Å². The summed E-state index contributed by atoms with van der Waals surface area (Å²) < 4.78 is 1.78. The molecule has 1 aromatic rings. The summed E-state index contributed by atoms with van der Waals surface area (Å²) >= 11 is 0. The summed E-state index contributed by atoms with van der Waals surface area (Å²) in [4.78, 5) is 29.7. The Kier molecular flexibility index (Phi) is 7.44. The van der Waals surface area contributed by atoms with Gasteiger partial charge in [-0.15, -0.1) is 12.4 Å². The van der Waals surface area contributed by atoms with Gasteiger partial charge in [-0.1, -0.05) is 13.8 Å². The number of rotatable bonds is 5. The molecule has 8 nitrogen and oxygen atoms in total. The van der Waals surface area contributed by atoms with Crippen molar-refractivity contribution in [3.05, 3.63) is 12.7 Å². The van der Waals surface area contributed by atoms with Gasteiger partial charge in [-0.05, 0) is 18.8 Å². The van der Waals surface area contributed by atoms with Gasteiger partial charge in [0.05, 0.1) is 18.6 Å². The molecule has 9 heteroatoms. The van der Waals surface area contributed by atoms with E-state index < -0.39 is 6.04 Å². The number of piperidine rings is 1. The van der Waals surface area contributed by atoms with Crippen LogP contribution in [0.3, 0.4) is 0 Å². The first-order valence-electron chi connectivity index (χ1n) is 7.64. The highest BCUT2D eigenvalue weighted by atomic mass is 35.5. The molecule has 1 aliphatic heterocycles. The first kappa shape index (κ1) is 19.4. The Bertz CT molecular complexity index is 507. The van der Waals surface area contributed by atoms with Crippen LogP contribution < -0.4 is 11.1 Å². The SMILES string of the molecule is CC(C)[C@H](N)C(=O)NCC(=O)N1CCCC(n2cncn2)C1.Cl. The molecule has 0 aliphatic carbocycles. The van der Waals surface area contributed by atoms with E-state index in [0.29, 0.717) is 13.1 Å². The number of nitrogens with zero attached hydrogens (tertiary/aromatic N) is 4. The molecule has 0 radical (unpaired) electrons. The van der Waals surface area contributed by atoms with E-state index in [4.69, 9.17) is 5.73 Å². The highest BCUT2D eigenvalue weighted by molar-refractivity contribution is 5.87. The van der Waals surface area contributed by atoms with Crippen LogP contribution in [-0.2, 0) is 9.59 Å². The van der Waals surface area contributed by atoms with Crippen LogP contribution in [0, 0.1) is 5.92 Å². The van der Waals surface area contributed by atoms with E-state index in [-0.39, 0.29) is 42.7 Å². The van der Waals surface area contributed by atoms with Crippen LogP contribution in [-0.4, -0.2) is 57.2 Å². The molecule has 0 aromatic carbocycles. The maximum atomic E-state index is 12.2. The van der Waals surface area contributed by atoms with Crippen LogP contribution in [0.15, 0.2) is 12.7 Å². The largest absolute Gasteiger partial charge is 0.346 e. The van der Waals surface area contributed by atoms with Gasteiger partial charge in [0.25, 0.3) is 0 Å². The van der Waals surface area contributed by atoms with Crippen molar-refractivity contribution in [2.45, 2.75) is 38.8 Å². The molecule has 1 aromatic heterocycles. The summed E-state index contributed by atoms with van der Waals surface area (Å²) in [7, 11) is 0. The lowest BCUT2D eigenvalue weighted by Gasteiger charge is -2.32. The number of carbonyl (C=O) groups is 2. The molecule has 1 saturated heterocycles. The first-order chi connectivity index (χ1) is 10.5. The number of likely N-dealkylation sites (tertiary alicyclic amines) is 1. The van der Waals surface area contributed by atoms with Gasteiger partial charge in [-0.3, -0.25) is 9.59 Å². The molecule has 2 atom stereocenters. The van der Waals surface area contributed by atoms with E-state index in [1.807, 2.05) is 13.8 Å². The molecule has 1 fully saturated rings. The minimum atomic E-state index is -0.586. The number of amides is 2. The molecule has 130 valence electrons. The van der Waals surface area contributed by atoms with Crippen molar-refractivity contribution in [2.24, 2.45) is 11.7 Å². The van der Waals surface area contributed by atoms with E-state index in [1.165, 1.54) is 6.33 Å². The fourth-order valence-electron chi connectivity index (χ4n) is 2.50. The normalized spacial score (nSPS) is 19.1. The van der Waals surface area contributed by atoms with E-state index in [9.17, 15) is 9.59 Å². The van der Waals surface area contributed by atoms with Crippen LogP contribution in [0.25, 0.3) is 0 Å². The molecule has 2 heterocycles. The Morgan fingerprint density at radius 1 is 1.43 bits per heavy atom. The zero-order chi connectivity index (χ0) is 16.1. The van der Waals surface area contributed by atoms with E-state index in [1.54, 1.807) is 15.9 Å².